The molecule has 0 heterocycles. The summed E-state index contributed by atoms with van der Waals surface area (Å²) in [6.45, 7) is 15.0. The smallest absolute Gasteiger partial charge is 0.338 e. The predicted molar refractivity (Wildman–Crippen MR) is 84.3 cm³/mol. The van der Waals surface area contributed by atoms with Crippen LogP contribution in [0, 0.1) is 12.3 Å². The third-order valence-electron chi connectivity index (χ3n) is 2.76. The maximum atomic E-state index is 12.2. The molecule has 0 unspecified atom stereocenters. The van der Waals surface area contributed by atoms with E-state index in [0.29, 0.717) is 5.56 Å². The maximum absolute atomic E-state index is 12.2. The van der Waals surface area contributed by atoms with E-state index in [-0.39, 0.29) is 11.4 Å². The molecule has 3 heteroatoms. The minimum absolute atomic E-state index is 0.189. The number of hydrogen-bond acceptors (Lipinski definition) is 3. The molecule has 0 saturated carbocycles. The fourth-order valence-corrected chi connectivity index (χ4v) is 1.74. The van der Waals surface area contributed by atoms with Gasteiger partial charge in [-0.25, -0.2) is 4.79 Å². The highest BCUT2D eigenvalue weighted by Crippen LogP contribution is 2.23. The maximum Gasteiger partial charge on any atom is 0.338 e. The van der Waals surface area contributed by atoms with Gasteiger partial charge in [0.05, 0.1) is 5.56 Å². The highest BCUT2D eigenvalue weighted by Gasteiger charge is 2.20. The Morgan fingerprint density at radius 1 is 1.15 bits per heavy atom. The van der Waals surface area contributed by atoms with Gasteiger partial charge >= 0.3 is 5.97 Å². The molecule has 0 atom stereocenters. The molecule has 0 aliphatic carbocycles. The van der Waals surface area contributed by atoms with E-state index in [0.717, 1.165) is 17.8 Å². The Kier molecular flexibility index (Phi) is 4.85. The highest BCUT2D eigenvalue weighted by molar-refractivity contribution is 5.93. The number of anilines is 1. The largest absolute Gasteiger partial charge is 0.456 e. The van der Waals surface area contributed by atoms with Gasteiger partial charge in [-0.2, -0.15) is 0 Å². The summed E-state index contributed by atoms with van der Waals surface area (Å²) in [5.41, 5.74) is 2.26. The van der Waals surface area contributed by atoms with E-state index in [1.54, 1.807) is 0 Å². The van der Waals surface area contributed by atoms with Crippen LogP contribution in [0.5, 0.6) is 0 Å². The zero-order chi connectivity index (χ0) is 15.6. The van der Waals surface area contributed by atoms with Crippen LogP contribution >= 0.6 is 0 Å². The van der Waals surface area contributed by atoms with Crippen LogP contribution in [0.1, 0.15) is 57.5 Å². The minimum atomic E-state index is -0.474. The number of esters is 1. The van der Waals surface area contributed by atoms with E-state index in [1.165, 1.54) is 0 Å². The van der Waals surface area contributed by atoms with Crippen molar-refractivity contribution in [3.63, 3.8) is 0 Å². The Morgan fingerprint density at radius 3 is 2.25 bits per heavy atom. The molecular formula is C17H27NO2. The van der Waals surface area contributed by atoms with Crippen LogP contribution in [0.25, 0.3) is 0 Å². The predicted octanol–water partition coefficient (Wildman–Crippen LogP) is 4.41. The molecular weight excluding hydrogens is 250 g/mol. The SMILES string of the molecule is Cc1c(NCC(C)(C)C)cccc1C(=O)OC(C)(C)C. The lowest BCUT2D eigenvalue weighted by Crippen LogP contribution is -2.25. The van der Waals surface area contributed by atoms with Crippen molar-refractivity contribution in [2.45, 2.75) is 54.1 Å². The van der Waals surface area contributed by atoms with E-state index in [1.807, 2.05) is 45.9 Å². The molecule has 0 radical (unpaired) electrons. The van der Waals surface area contributed by atoms with E-state index >= 15 is 0 Å². The second kappa shape index (κ2) is 5.86. The van der Waals surface area contributed by atoms with Crippen molar-refractivity contribution in [2.24, 2.45) is 5.41 Å². The Bertz CT molecular complexity index is 479. The fraction of sp³-hybridized carbons (Fsp3) is 0.588. The molecule has 0 saturated heterocycles. The summed E-state index contributed by atoms with van der Waals surface area (Å²) >= 11 is 0. The normalized spacial score (nSPS) is 12.2. The lowest BCUT2D eigenvalue weighted by Gasteiger charge is -2.23. The zero-order valence-corrected chi connectivity index (χ0v) is 13.8. The monoisotopic (exact) mass is 277 g/mol. The van der Waals surface area contributed by atoms with Gasteiger partial charge in [0, 0.05) is 12.2 Å². The van der Waals surface area contributed by atoms with Crippen LogP contribution < -0.4 is 5.32 Å². The van der Waals surface area contributed by atoms with Crippen molar-refractivity contribution < 1.29 is 9.53 Å². The molecule has 20 heavy (non-hydrogen) atoms. The van der Waals surface area contributed by atoms with Crippen LogP contribution in [0.2, 0.25) is 0 Å². The van der Waals surface area contributed by atoms with E-state index in [9.17, 15) is 4.79 Å². The molecule has 1 aromatic carbocycles. The third-order valence-corrected chi connectivity index (χ3v) is 2.76. The second-order valence-corrected chi connectivity index (χ2v) is 7.39. The summed E-state index contributed by atoms with van der Waals surface area (Å²) in [6, 6.07) is 5.69. The molecule has 1 N–H and O–H groups in total. The molecule has 0 spiro atoms. The van der Waals surface area contributed by atoms with Gasteiger partial charge in [0.2, 0.25) is 0 Å². The molecule has 3 nitrogen and oxygen atoms in total. The van der Waals surface area contributed by atoms with Crippen molar-refractivity contribution in [3.05, 3.63) is 29.3 Å². The molecule has 0 aromatic heterocycles. The Morgan fingerprint density at radius 2 is 1.75 bits per heavy atom. The van der Waals surface area contributed by atoms with Gasteiger partial charge in [-0.1, -0.05) is 26.8 Å². The van der Waals surface area contributed by atoms with Gasteiger partial charge in [-0.05, 0) is 50.8 Å². The van der Waals surface area contributed by atoms with Crippen molar-refractivity contribution in [1.29, 1.82) is 0 Å². The zero-order valence-electron chi connectivity index (χ0n) is 13.8. The molecule has 0 amide bonds. The van der Waals surface area contributed by atoms with Gasteiger partial charge in [0.25, 0.3) is 0 Å². The van der Waals surface area contributed by atoms with E-state index in [4.69, 9.17) is 4.74 Å². The fourth-order valence-electron chi connectivity index (χ4n) is 1.74. The summed E-state index contributed by atoms with van der Waals surface area (Å²) < 4.78 is 5.44. The van der Waals surface area contributed by atoms with E-state index in [2.05, 4.69) is 26.1 Å². The average Bonchev–Trinajstić information content (AvgIpc) is 2.24. The number of nitrogens with one attached hydrogen (secondary N) is 1. The number of ether oxygens (including phenoxy) is 1. The Labute approximate surface area is 122 Å². The van der Waals surface area contributed by atoms with Gasteiger partial charge in [-0.3, -0.25) is 0 Å². The molecule has 1 aromatic rings. The van der Waals surface area contributed by atoms with Crippen molar-refractivity contribution in [1.82, 2.24) is 0 Å². The van der Waals surface area contributed by atoms with Gasteiger partial charge in [0.15, 0.2) is 0 Å². The average molecular weight is 277 g/mol. The molecule has 0 aliphatic rings. The van der Waals surface area contributed by atoms with Crippen LogP contribution in [0.4, 0.5) is 5.69 Å². The van der Waals surface area contributed by atoms with Gasteiger partial charge < -0.3 is 10.1 Å². The number of carbonyl (C=O) groups is 1. The molecule has 0 fully saturated rings. The van der Waals surface area contributed by atoms with Crippen LogP contribution in [-0.4, -0.2) is 18.1 Å². The summed E-state index contributed by atoms with van der Waals surface area (Å²) in [7, 11) is 0. The van der Waals surface area contributed by atoms with Gasteiger partial charge in [-0.15, -0.1) is 0 Å². The Hall–Kier alpha value is -1.51. The number of rotatable bonds is 3. The standard InChI is InChI=1S/C17H27NO2/c1-12-13(15(19)20-17(5,6)7)9-8-10-14(12)18-11-16(2,3)4/h8-10,18H,11H2,1-7H3. The van der Waals surface area contributed by atoms with Crippen LogP contribution in [-0.2, 0) is 4.74 Å². The first kappa shape index (κ1) is 16.5. The summed E-state index contributed by atoms with van der Waals surface area (Å²) in [5.74, 6) is -0.269. The molecule has 1 rings (SSSR count). The quantitative estimate of drug-likeness (QED) is 0.832. The summed E-state index contributed by atoms with van der Waals surface area (Å²) in [5, 5.41) is 3.40. The minimum Gasteiger partial charge on any atom is -0.456 e. The lowest BCUT2D eigenvalue weighted by atomic mass is 9.96. The molecule has 0 bridgehead atoms. The van der Waals surface area contributed by atoms with Crippen molar-refractivity contribution >= 4 is 11.7 Å². The highest BCUT2D eigenvalue weighted by atomic mass is 16.6. The lowest BCUT2D eigenvalue weighted by molar-refractivity contribution is 0.00688. The first-order chi connectivity index (χ1) is 8.99. The first-order valence-electron chi connectivity index (χ1n) is 7.06. The number of carbonyl (C=O) groups excluding carboxylic acids is 1. The number of hydrogen-bond donors (Lipinski definition) is 1. The summed E-state index contributed by atoms with van der Waals surface area (Å²) in [6.07, 6.45) is 0. The third kappa shape index (κ3) is 5.24. The number of benzene rings is 1. The van der Waals surface area contributed by atoms with Gasteiger partial charge in [0.1, 0.15) is 5.60 Å². The first-order valence-corrected chi connectivity index (χ1v) is 7.06. The van der Waals surface area contributed by atoms with E-state index < -0.39 is 5.60 Å². The Balaban J connectivity index is 2.92. The second-order valence-electron chi connectivity index (χ2n) is 7.39. The van der Waals surface area contributed by atoms with Crippen molar-refractivity contribution in [2.75, 3.05) is 11.9 Å². The van der Waals surface area contributed by atoms with Crippen molar-refractivity contribution in [3.8, 4) is 0 Å². The summed E-state index contributed by atoms with van der Waals surface area (Å²) in [4.78, 5) is 12.2. The topological polar surface area (TPSA) is 38.3 Å². The van der Waals surface area contributed by atoms with Crippen LogP contribution in [0.3, 0.4) is 0 Å². The van der Waals surface area contributed by atoms with Crippen LogP contribution in [0.15, 0.2) is 18.2 Å². The molecule has 112 valence electrons. The molecule has 0 aliphatic heterocycles.